The molecule has 0 spiro atoms. The molecule has 96 valence electrons. The van der Waals surface area contributed by atoms with Crippen LogP contribution in [0.15, 0.2) is 35.9 Å². The summed E-state index contributed by atoms with van der Waals surface area (Å²) in [5.74, 6) is -0.0849. The molecule has 1 aromatic carbocycles. The largest absolute Gasteiger partial charge is 0.466 e. The van der Waals surface area contributed by atoms with E-state index < -0.39 is 0 Å². The summed E-state index contributed by atoms with van der Waals surface area (Å²) >= 11 is 0. The predicted molar refractivity (Wildman–Crippen MR) is 73.0 cm³/mol. The highest BCUT2D eigenvalue weighted by molar-refractivity contribution is 5.78. The minimum Gasteiger partial charge on any atom is -0.466 e. The van der Waals surface area contributed by atoms with Crippen molar-refractivity contribution in [1.29, 1.82) is 0 Å². The van der Waals surface area contributed by atoms with Crippen LogP contribution in [0.25, 0.3) is 6.08 Å². The van der Waals surface area contributed by atoms with Gasteiger partial charge in [-0.2, -0.15) is 0 Å². The summed E-state index contributed by atoms with van der Waals surface area (Å²) in [6.45, 7) is 2.33. The Kier molecular flexibility index (Phi) is 4.57. The zero-order valence-corrected chi connectivity index (χ0v) is 10.9. The number of benzene rings is 1. The van der Waals surface area contributed by atoms with Gasteiger partial charge >= 0.3 is 5.97 Å². The molecule has 0 N–H and O–H groups in total. The van der Waals surface area contributed by atoms with Crippen molar-refractivity contribution < 1.29 is 9.53 Å². The van der Waals surface area contributed by atoms with E-state index in [2.05, 4.69) is 18.2 Å². The summed E-state index contributed by atoms with van der Waals surface area (Å²) in [5.41, 5.74) is 2.40. The third-order valence-corrected chi connectivity index (χ3v) is 3.38. The number of carbonyl (C=O) groups excluding carboxylic acids is 1. The van der Waals surface area contributed by atoms with Crippen LogP contribution < -0.4 is 0 Å². The average molecular weight is 244 g/mol. The van der Waals surface area contributed by atoms with Gasteiger partial charge in [0.15, 0.2) is 0 Å². The van der Waals surface area contributed by atoms with Gasteiger partial charge in [-0.25, -0.2) is 0 Å². The SMILES string of the molecule is CCOC(=O)C1CCCCC1=Cc1ccccc1. The second-order valence-electron chi connectivity index (χ2n) is 4.68. The van der Waals surface area contributed by atoms with Crippen LogP contribution in [0.5, 0.6) is 0 Å². The highest BCUT2D eigenvalue weighted by atomic mass is 16.5. The van der Waals surface area contributed by atoms with Crippen LogP contribution >= 0.6 is 0 Å². The molecule has 0 aromatic heterocycles. The molecule has 1 aliphatic rings. The third-order valence-electron chi connectivity index (χ3n) is 3.38. The summed E-state index contributed by atoms with van der Waals surface area (Å²) in [5, 5.41) is 0. The molecule has 0 aliphatic heterocycles. The highest BCUT2D eigenvalue weighted by Crippen LogP contribution is 2.31. The predicted octanol–water partition coefficient (Wildman–Crippen LogP) is 3.82. The van der Waals surface area contributed by atoms with Crippen LogP contribution in [-0.2, 0) is 9.53 Å². The van der Waals surface area contributed by atoms with Crippen molar-refractivity contribution in [2.75, 3.05) is 6.61 Å². The fourth-order valence-electron chi connectivity index (χ4n) is 2.49. The maximum atomic E-state index is 11.9. The van der Waals surface area contributed by atoms with Crippen molar-refractivity contribution >= 4 is 12.0 Å². The molecule has 1 fully saturated rings. The summed E-state index contributed by atoms with van der Waals surface area (Å²) in [6.07, 6.45) is 6.39. The summed E-state index contributed by atoms with van der Waals surface area (Å²) < 4.78 is 5.17. The molecule has 1 unspecified atom stereocenters. The smallest absolute Gasteiger partial charge is 0.313 e. The van der Waals surface area contributed by atoms with E-state index >= 15 is 0 Å². The van der Waals surface area contributed by atoms with Gasteiger partial charge in [0.2, 0.25) is 0 Å². The molecular weight excluding hydrogens is 224 g/mol. The topological polar surface area (TPSA) is 26.3 Å². The van der Waals surface area contributed by atoms with E-state index in [-0.39, 0.29) is 11.9 Å². The molecule has 0 radical (unpaired) electrons. The number of carbonyl (C=O) groups is 1. The fraction of sp³-hybridized carbons (Fsp3) is 0.438. The van der Waals surface area contributed by atoms with Crippen molar-refractivity contribution in [2.24, 2.45) is 5.92 Å². The fourth-order valence-corrected chi connectivity index (χ4v) is 2.49. The zero-order valence-electron chi connectivity index (χ0n) is 10.9. The van der Waals surface area contributed by atoms with Crippen molar-refractivity contribution in [3.63, 3.8) is 0 Å². The van der Waals surface area contributed by atoms with Crippen LogP contribution in [0.3, 0.4) is 0 Å². The van der Waals surface area contributed by atoms with Gasteiger partial charge in [0.1, 0.15) is 0 Å². The molecule has 0 bridgehead atoms. The average Bonchev–Trinajstić information content (AvgIpc) is 2.41. The van der Waals surface area contributed by atoms with E-state index in [4.69, 9.17) is 4.74 Å². The first kappa shape index (κ1) is 12.9. The number of esters is 1. The first-order chi connectivity index (χ1) is 8.81. The number of rotatable bonds is 3. The molecule has 1 aliphatic carbocycles. The lowest BCUT2D eigenvalue weighted by atomic mass is 9.83. The molecule has 0 saturated heterocycles. The van der Waals surface area contributed by atoms with E-state index in [1.54, 1.807) is 0 Å². The quantitative estimate of drug-likeness (QED) is 0.755. The van der Waals surface area contributed by atoms with Gasteiger partial charge in [-0.3, -0.25) is 4.79 Å². The molecule has 0 amide bonds. The Morgan fingerprint density at radius 2 is 2.11 bits per heavy atom. The standard InChI is InChI=1S/C16H20O2/c1-2-18-16(17)15-11-7-6-10-14(15)12-13-8-4-3-5-9-13/h3-5,8-9,12,15H,2,6-7,10-11H2,1H3. The zero-order chi connectivity index (χ0) is 12.8. The second-order valence-corrected chi connectivity index (χ2v) is 4.68. The molecule has 1 aromatic rings. The number of hydrogen-bond donors (Lipinski definition) is 0. The van der Waals surface area contributed by atoms with Gasteiger partial charge in [0.25, 0.3) is 0 Å². The molecule has 2 nitrogen and oxygen atoms in total. The van der Waals surface area contributed by atoms with E-state index in [1.165, 1.54) is 17.6 Å². The molecule has 1 saturated carbocycles. The van der Waals surface area contributed by atoms with Crippen molar-refractivity contribution in [3.05, 3.63) is 41.5 Å². The van der Waals surface area contributed by atoms with Crippen LogP contribution in [0, 0.1) is 5.92 Å². The first-order valence-corrected chi connectivity index (χ1v) is 6.73. The Bertz CT molecular complexity index is 420. The Balaban J connectivity index is 2.17. The lowest BCUT2D eigenvalue weighted by Crippen LogP contribution is -2.22. The lowest BCUT2D eigenvalue weighted by molar-refractivity contribution is -0.147. The van der Waals surface area contributed by atoms with E-state index in [9.17, 15) is 4.79 Å². The van der Waals surface area contributed by atoms with E-state index in [0.29, 0.717) is 6.61 Å². The molecule has 2 rings (SSSR count). The van der Waals surface area contributed by atoms with Crippen LogP contribution in [0.2, 0.25) is 0 Å². The third kappa shape index (κ3) is 3.22. The summed E-state index contributed by atoms with van der Waals surface area (Å²) in [4.78, 5) is 11.9. The lowest BCUT2D eigenvalue weighted by Gasteiger charge is -2.23. The van der Waals surface area contributed by atoms with Gasteiger partial charge in [0, 0.05) is 0 Å². The van der Waals surface area contributed by atoms with Crippen LogP contribution in [-0.4, -0.2) is 12.6 Å². The normalized spacial score (nSPS) is 21.8. The van der Waals surface area contributed by atoms with Gasteiger partial charge in [-0.1, -0.05) is 48.4 Å². The molecule has 1 atom stereocenters. The van der Waals surface area contributed by atoms with Gasteiger partial charge in [-0.05, 0) is 31.7 Å². The van der Waals surface area contributed by atoms with Crippen molar-refractivity contribution in [3.8, 4) is 0 Å². The van der Waals surface area contributed by atoms with E-state index in [1.807, 2.05) is 25.1 Å². The number of hydrogen-bond acceptors (Lipinski definition) is 2. The van der Waals surface area contributed by atoms with Gasteiger partial charge < -0.3 is 4.74 Å². The minimum atomic E-state index is -0.0561. The minimum absolute atomic E-state index is 0.0288. The maximum absolute atomic E-state index is 11.9. The molecule has 0 heterocycles. The van der Waals surface area contributed by atoms with Crippen molar-refractivity contribution in [1.82, 2.24) is 0 Å². The maximum Gasteiger partial charge on any atom is 0.313 e. The Morgan fingerprint density at radius 3 is 2.83 bits per heavy atom. The summed E-state index contributed by atoms with van der Waals surface area (Å²) in [6, 6.07) is 10.2. The van der Waals surface area contributed by atoms with E-state index in [0.717, 1.165) is 19.3 Å². The monoisotopic (exact) mass is 244 g/mol. The first-order valence-electron chi connectivity index (χ1n) is 6.73. The van der Waals surface area contributed by atoms with Crippen LogP contribution in [0.4, 0.5) is 0 Å². The van der Waals surface area contributed by atoms with Gasteiger partial charge in [0.05, 0.1) is 12.5 Å². The molecule has 18 heavy (non-hydrogen) atoms. The summed E-state index contributed by atoms with van der Waals surface area (Å²) in [7, 11) is 0. The Morgan fingerprint density at radius 1 is 1.33 bits per heavy atom. The highest BCUT2D eigenvalue weighted by Gasteiger charge is 2.26. The molecular formula is C16H20O2. The number of ether oxygens (including phenoxy) is 1. The molecule has 2 heteroatoms. The Labute approximate surface area is 109 Å². The Hall–Kier alpha value is -1.57. The van der Waals surface area contributed by atoms with Crippen molar-refractivity contribution in [2.45, 2.75) is 32.6 Å². The van der Waals surface area contributed by atoms with Crippen LogP contribution in [0.1, 0.15) is 38.2 Å². The second kappa shape index (κ2) is 6.39. The van der Waals surface area contributed by atoms with Gasteiger partial charge in [-0.15, -0.1) is 0 Å².